The van der Waals surface area contributed by atoms with Crippen molar-refractivity contribution in [2.75, 3.05) is 11.9 Å². The van der Waals surface area contributed by atoms with Gasteiger partial charge in [0.1, 0.15) is 5.82 Å². The molecule has 0 heterocycles. The number of halogens is 2. The highest BCUT2D eigenvalue weighted by atomic mass is 79.9. The van der Waals surface area contributed by atoms with Gasteiger partial charge in [0.25, 0.3) is 0 Å². The SMILES string of the molecule is CN(Cc1cccc(F)c1)c1ccc(CN)cc1Br. The Hall–Kier alpha value is -1.39. The van der Waals surface area contributed by atoms with Gasteiger partial charge in [-0.2, -0.15) is 0 Å². The topological polar surface area (TPSA) is 29.3 Å². The van der Waals surface area contributed by atoms with Crippen LogP contribution in [0.5, 0.6) is 0 Å². The van der Waals surface area contributed by atoms with Crippen molar-refractivity contribution in [1.82, 2.24) is 0 Å². The van der Waals surface area contributed by atoms with Crippen molar-refractivity contribution < 1.29 is 4.39 Å². The van der Waals surface area contributed by atoms with Gasteiger partial charge in [-0.1, -0.05) is 18.2 Å². The molecule has 0 saturated heterocycles. The highest BCUT2D eigenvalue weighted by Gasteiger charge is 2.07. The van der Waals surface area contributed by atoms with E-state index in [1.54, 1.807) is 12.1 Å². The molecule has 0 amide bonds. The van der Waals surface area contributed by atoms with E-state index in [2.05, 4.69) is 20.8 Å². The Balaban J connectivity index is 2.18. The van der Waals surface area contributed by atoms with Crippen LogP contribution in [0.2, 0.25) is 0 Å². The predicted octanol–water partition coefficient (Wildman–Crippen LogP) is 3.68. The van der Waals surface area contributed by atoms with E-state index in [9.17, 15) is 4.39 Å². The van der Waals surface area contributed by atoms with Crippen LogP contribution in [0.3, 0.4) is 0 Å². The Morgan fingerprint density at radius 1 is 1.16 bits per heavy atom. The number of nitrogens with zero attached hydrogens (tertiary/aromatic N) is 1. The van der Waals surface area contributed by atoms with Crippen LogP contribution < -0.4 is 10.6 Å². The maximum absolute atomic E-state index is 13.2. The number of nitrogens with two attached hydrogens (primary N) is 1. The highest BCUT2D eigenvalue weighted by molar-refractivity contribution is 9.10. The summed E-state index contributed by atoms with van der Waals surface area (Å²) >= 11 is 3.55. The molecule has 2 aromatic carbocycles. The van der Waals surface area contributed by atoms with E-state index < -0.39 is 0 Å². The second-order valence-electron chi connectivity index (χ2n) is 4.48. The quantitative estimate of drug-likeness (QED) is 0.930. The Bertz CT molecular complexity index is 572. The van der Waals surface area contributed by atoms with Crippen molar-refractivity contribution in [3.05, 3.63) is 63.9 Å². The zero-order valence-corrected chi connectivity index (χ0v) is 12.3. The Kier molecular flexibility index (Phi) is 4.56. The third kappa shape index (κ3) is 3.55. The van der Waals surface area contributed by atoms with Crippen LogP contribution in [-0.2, 0) is 13.1 Å². The van der Waals surface area contributed by atoms with E-state index in [0.29, 0.717) is 13.1 Å². The molecular weight excluding hydrogens is 307 g/mol. The number of hydrogen-bond acceptors (Lipinski definition) is 2. The largest absolute Gasteiger partial charge is 0.369 e. The molecule has 2 rings (SSSR count). The molecular formula is C15H16BrFN2. The van der Waals surface area contributed by atoms with Crippen molar-refractivity contribution in [1.29, 1.82) is 0 Å². The van der Waals surface area contributed by atoms with Crippen molar-refractivity contribution in [2.45, 2.75) is 13.1 Å². The first kappa shape index (κ1) is 14.0. The molecule has 0 saturated carbocycles. The van der Waals surface area contributed by atoms with E-state index in [4.69, 9.17) is 5.73 Å². The Morgan fingerprint density at radius 2 is 1.95 bits per heavy atom. The van der Waals surface area contributed by atoms with E-state index >= 15 is 0 Å². The fourth-order valence-corrected chi connectivity index (χ4v) is 2.71. The van der Waals surface area contributed by atoms with Crippen molar-refractivity contribution in [2.24, 2.45) is 5.73 Å². The van der Waals surface area contributed by atoms with E-state index in [1.165, 1.54) is 6.07 Å². The van der Waals surface area contributed by atoms with Crippen molar-refractivity contribution in [3.63, 3.8) is 0 Å². The van der Waals surface area contributed by atoms with Gasteiger partial charge < -0.3 is 10.6 Å². The molecule has 0 spiro atoms. The van der Waals surface area contributed by atoms with Crippen LogP contribution in [-0.4, -0.2) is 7.05 Å². The summed E-state index contributed by atoms with van der Waals surface area (Å²) in [5, 5.41) is 0. The molecule has 100 valence electrons. The number of hydrogen-bond donors (Lipinski definition) is 1. The lowest BCUT2D eigenvalue weighted by atomic mass is 10.1. The molecule has 0 bridgehead atoms. The van der Waals surface area contributed by atoms with Crippen LogP contribution in [0, 0.1) is 5.82 Å². The van der Waals surface area contributed by atoms with Gasteiger partial charge in [-0.25, -0.2) is 4.39 Å². The number of rotatable bonds is 4. The smallest absolute Gasteiger partial charge is 0.123 e. The second-order valence-corrected chi connectivity index (χ2v) is 5.33. The van der Waals surface area contributed by atoms with E-state index in [1.807, 2.05) is 31.3 Å². The van der Waals surface area contributed by atoms with Crippen LogP contribution in [0.4, 0.5) is 10.1 Å². The summed E-state index contributed by atoms with van der Waals surface area (Å²) in [7, 11) is 1.98. The molecule has 0 fully saturated rings. The van der Waals surface area contributed by atoms with Crippen LogP contribution in [0.25, 0.3) is 0 Å². The molecule has 2 aromatic rings. The molecule has 0 atom stereocenters. The lowest BCUT2D eigenvalue weighted by molar-refractivity contribution is 0.625. The van der Waals surface area contributed by atoms with Gasteiger partial charge in [-0.3, -0.25) is 0 Å². The minimum absolute atomic E-state index is 0.205. The van der Waals surface area contributed by atoms with E-state index in [-0.39, 0.29) is 5.82 Å². The first-order chi connectivity index (χ1) is 9.10. The zero-order chi connectivity index (χ0) is 13.8. The van der Waals surface area contributed by atoms with Gasteiger partial charge in [0.2, 0.25) is 0 Å². The maximum Gasteiger partial charge on any atom is 0.123 e. The van der Waals surface area contributed by atoms with Gasteiger partial charge in [0.15, 0.2) is 0 Å². The first-order valence-electron chi connectivity index (χ1n) is 6.04. The van der Waals surface area contributed by atoms with Crippen LogP contribution in [0.15, 0.2) is 46.9 Å². The summed E-state index contributed by atoms with van der Waals surface area (Å²) in [4.78, 5) is 2.07. The summed E-state index contributed by atoms with van der Waals surface area (Å²) < 4.78 is 14.2. The monoisotopic (exact) mass is 322 g/mol. The second kappa shape index (κ2) is 6.17. The van der Waals surface area contributed by atoms with E-state index in [0.717, 1.165) is 21.3 Å². The Labute approximate surface area is 121 Å². The third-order valence-corrected chi connectivity index (χ3v) is 3.60. The molecule has 0 radical (unpaired) electrons. The molecule has 0 aliphatic carbocycles. The van der Waals surface area contributed by atoms with Gasteiger partial charge in [-0.15, -0.1) is 0 Å². The summed E-state index contributed by atoms with van der Waals surface area (Å²) in [5.41, 5.74) is 8.69. The van der Waals surface area contributed by atoms with Crippen LogP contribution >= 0.6 is 15.9 Å². The standard InChI is InChI=1S/C15H16BrFN2/c1-19(10-12-3-2-4-13(17)7-12)15-6-5-11(9-18)8-14(15)16/h2-8H,9-10,18H2,1H3. The summed E-state index contributed by atoms with van der Waals surface area (Å²) in [6.45, 7) is 1.17. The van der Waals surface area contributed by atoms with Crippen LogP contribution in [0.1, 0.15) is 11.1 Å². The molecule has 0 aromatic heterocycles. The maximum atomic E-state index is 13.2. The number of anilines is 1. The van der Waals surface area contributed by atoms with Gasteiger partial charge in [0.05, 0.1) is 5.69 Å². The molecule has 19 heavy (non-hydrogen) atoms. The molecule has 0 aliphatic heterocycles. The van der Waals surface area contributed by atoms with Gasteiger partial charge in [0, 0.05) is 24.6 Å². The highest BCUT2D eigenvalue weighted by Crippen LogP contribution is 2.27. The molecule has 0 aliphatic rings. The van der Waals surface area contributed by atoms with Crippen molar-refractivity contribution in [3.8, 4) is 0 Å². The third-order valence-electron chi connectivity index (χ3n) is 2.97. The fraction of sp³-hybridized carbons (Fsp3) is 0.200. The summed E-state index contributed by atoms with van der Waals surface area (Å²) in [5.74, 6) is -0.205. The lowest BCUT2D eigenvalue weighted by Gasteiger charge is -2.21. The Morgan fingerprint density at radius 3 is 2.58 bits per heavy atom. The molecule has 0 unspecified atom stereocenters. The van der Waals surface area contributed by atoms with Gasteiger partial charge >= 0.3 is 0 Å². The first-order valence-corrected chi connectivity index (χ1v) is 6.83. The van der Waals surface area contributed by atoms with Crippen molar-refractivity contribution >= 4 is 21.6 Å². The summed E-state index contributed by atoms with van der Waals surface area (Å²) in [6, 6.07) is 12.7. The average molecular weight is 323 g/mol. The van der Waals surface area contributed by atoms with Gasteiger partial charge in [-0.05, 0) is 51.3 Å². The molecule has 2 nitrogen and oxygen atoms in total. The average Bonchev–Trinajstić information content (AvgIpc) is 2.38. The molecule has 4 heteroatoms. The minimum atomic E-state index is -0.205. The lowest BCUT2D eigenvalue weighted by Crippen LogP contribution is -2.17. The fourth-order valence-electron chi connectivity index (χ4n) is 1.98. The number of benzene rings is 2. The summed E-state index contributed by atoms with van der Waals surface area (Å²) in [6.07, 6.45) is 0. The predicted molar refractivity (Wildman–Crippen MR) is 80.5 cm³/mol. The normalized spacial score (nSPS) is 10.5. The molecule has 2 N–H and O–H groups in total. The zero-order valence-electron chi connectivity index (χ0n) is 10.7. The minimum Gasteiger partial charge on any atom is -0.369 e.